The molecule has 0 saturated heterocycles. The number of ether oxygens (including phenoxy) is 1. The number of carbonyl (C=O) groups excluding carboxylic acids is 1. The molecule has 1 amide bonds. The zero-order valence-electron chi connectivity index (χ0n) is 16.7. The van der Waals surface area contributed by atoms with Crippen molar-refractivity contribution in [2.24, 2.45) is 11.1 Å². The first-order chi connectivity index (χ1) is 12.3. The van der Waals surface area contributed by atoms with Crippen molar-refractivity contribution in [2.45, 2.75) is 45.3 Å². The van der Waals surface area contributed by atoms with Gasteiger partial charge in [-0.15, -0.1) is 12.4 Å². The molecule has 0 heterocycles. The number of halogens is 1. The number of nitrogens with zero attached hydrogens (tertiary/aromatic N) is 1. The van der Waals surface area contributed by atoms with Crippen LogP contribution in [0.3, 0.4) is 0 Å². The smallest absolute Gasteiger partial charge is 0.243 e. The number of amides is 1. The Morgan fingerprint density at radius 3 is 2.56 bits per heavy atom. The summed E-state index contributed by atoms with van der Waals surface area (Å²) >= 11 is 0. The van der Waals surface area contributed by atoms with Gasteiger partial charge >= 0.3 is 0 Å². The van der Waals surface area contributed by atoms with Crippen molar-refractivity contribution in [3.63, 3.8) is 0 Å². The molecule has 27 heavy (non-hydrogen) atoms. The first-order valence-corrected chi connectivity index (χ1v) is 9.44. The summed E-state index contributed by atoms with van der Waals surface area (Å²) in [6.07, 6.45) is 1.45. The van der Waals surface area contributed by atoms with Crippen molar-refractivity contribution in [1.82, 2.24) is 4.90 Å². The van der Waals surface area contributed by atoms with Crippen molar-refractivity contribution in [3.05, 3.63) is 48.0 Å². The highest BCUT2D eigenvalue weighted by Crippen LogP contribution is 2.50. The van der Waals surface area contributed by atoms with Crippen molar-refractivity contribution >= 4 is 29.1 Å². The lowest BCUT2D eigenvalue weighted by Crippen LogP contribution is -2.75. The third-order valence-electron chi connectivity index (χ3n) is 6.15. The third kappa shape index (κ3) is 3.71. The number of fused-ring (bicyclic) bond motifs is 1. The highest BCUT2D eigenvalue weighted by molar-refractivity contribution is 5.89. The molecule has 5 heteroatoms. The maximum absolute atomic E-state index is 13.0. The predicted octanol–water partition coefficient (Wildman–Crippen LogP) is 3.80. The first-order valence-electron chi connectivity index (χ1n) is 9.44. The maximum atomic E-state index is 13.0. The largest absolute Gasteiger partial charge is 0.378 e. The van der Waals surface area contributed by atoms with E-state index in [4.69, 9.17) is 10.5 Å². The second-order valence-corrected chi connectivity index (χ2v) is 7.96. The van der Waals surface area contributed by atoms with Crippen LogP contribution in [0.4, 0.5) is 0 Å². The van der Waals surface area contributed by atoms with Crippen molar-refractivity contribution < 1.29 is 9.53 Å². The van der Waals surface area contributed by atoms with E-state index in [1.807, 2.05) is 33.9 Å². The third-order valence-corrected chi connectivity index (χ3v) is 6.15. The van der Waals surface area contributed by atoms with Crippen molar-refractivity contribution in [3.8, 4) is 0 Å². The van der Waals surface area contributed by atoms with Crippen LogP contribution in [0.25, 0.3) is 10.8 Å². The molecule has 2 aromatic carbocycles. The minimum atomic E-state index is -0.847. The summed E-state index contributed by atoms with van der Waals surface area (Å²) < 4.78 is 5.75. The van der Waals surface area contributed by atoms with Gasteiger partial charge in [0, 0.05) is 32.0 Å². The molecule has 3 rings (SSSR count). The minimum Gasteiger partial charge on any atom is -0.378 e. The minimum absolute atomic E-state index is 0. The van der Waals surface area contributed by atoms with Gasteiger partial charge in [0.1, 0.15) is 5.54 Å². The number of carbonyl (C=O) groups is 1. The van der Waals surface area contributed by atoms with Crippen LogP contribution in [0.5, 0.6) is 0 Å². The summed E-state index contributed by atoms with van der Waals surface area (Å²) in [5, 5.41) is 2.48. The Hall–Kier alpha value is -1.62. The lowest BCUT2D eigenvalue weighted by atomic mass is 9.54. The highest BCUT2D eigenvalue weighted by Gasteiger charge is 2.63. The Kier molecular flexibility index (Phi) is 6.56. The van der Waals surface area contributed by atoms with Gasteiger partial charge in [0.2, 0.25) is 5.91 Å². The zero-order chi connectivity index (χ0) is 18.9. The molecule has 0 radical (unpaired) electrons. The van der Waals surface area contributed by atoms with E-state index >= 15 is 0 Å². The number of rotatable bonds is 6. The molecule has 2 N–H and O–H groups in total. The molecule has 0 aromatic heterocycles. The van der Waals surface area contributed by atoms with Gasteiger partial charge in [-0.3, -0.25) is 4.79 Å². The summed E-state index contributed by atoms with van der Waals surface area (Å²) in [6, 6.07) is 14.7. The number of likely N-dealkylation sites (N-methyl/N-ethyl adjacent to an activating group) is 1. The Balaban J connectivity index is 0.00000261. The SMILES string of the molecule is CCOC1CC(N)(C(=O)N(C)CCc2cccc3ccccc23)C1(C)C.Cl. The molecule has 0 spiro atoms. The molecule has 0 aliphatic heterocycles. The van der Waals surface area contributed by atoms with E-state index in [9.17, 15) is 4.79 Å². The maximum Gasteiger partial charge on any atom is 0.243 e. The molecular formula is C22H31ClN2O2. The van der Waals surface area contributed by atoms with E-state index < -0.39 is 5.54 Å². The molecule has 2 unspecified atom stereocenters. The summed E-state index contributed by atoms with van der Waals surface area (Å²) in [6.45, 7) is 7.35. The van der Waals surface area contributed by atoms with Gasteiger partial charge in [-0.05, 0) is 29.7 Å². The van der Waals surface area contributed by atoms with Gasteiger partial charge in [-0.2, -0.15) is 0 Å². The fourth-order valence-electron chi connectivity index (χ4n) is 4.04. The lowest BCUT2D eigenvalue weighted by Gasteiger charge is -2.58. The van der Waals surface area contributed by atoms with E-state index in [0.29, 0.717) is 19.6 Å². The quantitative estimate of drug-likeness (QED) is 0.816. The van der Waals surface area contributed by atoms with Crippen molar-refractivity contribution in [1.29, 1.82) is 0 Å². The highest BCUT2D eigenvalue weighted by atomic mass is 35.5. The molecule has 1 aliphatic carbocycles. The molecule has 1 saturated carbocycles. The summed E-state index contributed by atoms with van der Waals surface area (Å²) in [5.74, 6) is 0.0127. The molecular weight excluding hydrogens is 360 g/mol. The van der Waals surface area contributed by atoms with Crippen LogP contribution in [0.1, 0.15) is 32.8 Å². The summed E-state index contributed by atoms with van der Waals surface area (Å²) in [7, 11) is 1.85. The number of benzene rings is 2. The van der Waals surface area contributed by atoms with Gasteiger partial charge in [0.15, 0.2) is 0 Å². The fraction of sp³-hybridized carbons (Fsp3) is 0.500. The molecule has 1 aliphatic rings. The first kappa shape index (κ1) is 21.7. The van der Waals surface area contributed by atoms with E-state index in [1.54, 1.807) is 4.90 Å². The van der Waals surface area contributed by atoms with E-state index in [1.165, 1.54) is 16.3 Å². The molecule has 148 valence electrons. The Morgan fingerprint density at radius 1 is 1.22 bits per heavy atom. The normalized spacial score (nSPS) is 23.4. The number of hydrogen-bond donors (Lipinski definition) is 1. The van der Waals surface area contributed by atoms with E-state index in [0.717, 1.165) is 6.42 Å². The summed E-state index contributed by atoms with van der Waals surface area (Å²) in [4.78, 5) is 14.8. The molecule has 4 nitrogen and oxygen atoms in total. The van der Waals surface area contributed by atoms with Crippen LogP contribution in [0, 0.1) is 5.41 Å². The van der Waals surface area contributed by atoms with E-state index in [-0.39, 0.29) is 29.8 Å². The Bertz CT molecular complexity index is 803. The topological polar surface area (TPSA) is 55.6 Å². The van der Waals surface area contributed by atoms with Crippen LogP contribution < -0.4 is 5.73 Å². The standard InChI is InChI=1S/C22H30N2O2.ClH/c1-5-26-19-15-22(23,21(19,2)3)20(25)24(4)14-13-17-11-8-10-16-9-6-7-12-18(16)17;/h6-12,19H,5,13-15,23H2,1-4H3;1H. The van der Waals surface area contributed by atoms with E-state index in [2.05, 4.69) is 36.4 Å². The van der Waals surface area contributed by atoms with Crippen LogP contribution in [-0.2, 0) is 16.0 Å². The number of nitrogens with two attached hydrogens (primary N) is 1. The Labute approximate surface area is 168 Å². The monoisotopic (exact) mass is 390 g/mol. The summed E-state index contributed by atoms with van der Waals surface area (Å²) in [5.41, 5.74) is 6.59. The Morgan fingerprint density at radius 2 is 1.89 bits per heavy atom. The van der Waals surface area contributed by atoms with Crippen molar-refractivity contribution in [2.75, 3.05) is 20.2 Å². The average molecular weight is 391 g/mol. The van der Waals surface area contributed by atoms with Gasteiger partial charge in [0.25, 0.3) is 0 Å². The second kappa shape index (κ2) is 8.17. The number of hydrogen-bond acceptors (Lipinski definition) is 3. The van der Waals surface area contributed by atoms with Gasteiger partial charge in [-0.1, -0.05) is 56.3 Å². The van der Waals surface area contributed by atoms with Gasteiger partial charge in [0.05, 0.1) is 6.10 Å². The second-order valence-electron chi connectivity index (χ2n) is 7.96. The average Bonchev–Trinajstić information content (AvgIpc) is 2.65. The van der Waals surface area contributed by atoms with Crippen LogP contribution in [0.15, 0.2) is 42.5 Å². The molecule has 0 bridgehead atoms. The van der Waals surface area contributed by atoms with Gasteiger partial charge in [-0.25, -0.2) is 0 Å². The molecule has 2 aromatic rings. The van der Waals surface area contributed by atoms with Crippen LogP contribution >= 0.6 is 12.4 Å². The van der Waals surface area contributed by atoms with Crippen LogP contribution in [-0.4, -0.2) is 42.6 Å². The fourth-order valence-corrected chi connectivity index (χ4v) is 4.04. The molecule has 1 fully saturated rings. The van der Waals surface area contributed by atoms with Gasteiger partial charge < -0.3 is 15.4 Å². The zero-order valence-corrected chi connectivity index (χ0v) is 17.5. The molecule has 2 atom stereocenters. The predicted molar refractivity (Wildman–Crippen MR) is 113 cm³/mol. The van der Waals surface area contributed by atoms with Crippen LogP contribution in [0.2, 0.25) is 0 Å². The lowest BCUT2D eigenvalue weighted by molar-refractivity contribution is -0.178.